The third kappa shape index (κ3) is 5.43. The molecule has 3 aromatic rings. The zero-order valence-electron chi connectivity index (χ0n) is 18.4. The first-order valence-corrected chi connectivity index (χ1v) is 11.0. The van der Waals surface area contributed by atoms with E-state index >= 15 is 0 Å². The molecule has 2 N–H and O–H groups in total. The van der Waals surface area contributed by atoms with Crippen LogP contribution in [0.2, 0.25) is 0 Å². The molecule has 0 bridgehead atoms. The monoisotopic (exact) mass is 472 g/mol. The summed E-state index contributed by atoms with van der Waals surface area (Å²) >= 11 is 1.25. The largest absolute Gasteiger partial charge is 0.497 e. The van der Waals surface area contributed by atoms with E-state index in [4.69, 9.17) is 14.2 Å². The number of ether oxygens (including phenoxy) is 3. The van der Waals surface area contributed by atoms with E-state index in [1.54, 1.807) is 44.8 Å². The smallest absolute Gasteiger partial charge is 0.259 e. The second-order valence-corrected chi connectivity index (χ2v) is 8.16. The molecule has 4 rings (SSSR count). The third-order valence-electron chi connectivity index (χ3n) is 5.07. The minimum absolute atomic E-state index is 0.154. The maximum Gasteiger partial charge on any atom is 0.259 e. The topological polar surface area (TPSA) is 137 Å². The summed E-state index contributed by atoms with van der Waals surface area (Å²) in [5.74, 6) is 1.34. The fraction of sp³-hybridized carbons (Fsp3) is 0.400. The molecule has 13 heteroatoms. The molecule has 1 saturated heterocycles. The molecule has 1 unspecified atom stereocenters. The molecule has 1 amide bonds. The summed E-state index contributed by atoms with van der Waals surface area (Å²) in [6, 6.07) is 5.32. The Kier molecular flexibility index (Phi) is 7.10. The van der Waals surface area contributed by atoms with Crippen LogP contribution in [-0.4, -0.2) is 71.7 Å². The van der Waals surface area contributed by atoms with Crippen molar-refractivity contribution in [3.63, 3.8) is 0 Å². The van der Waals surface area contributed by atoms with E-state index in [0.29, 0.717) is 33.3 Å². The normalized spacial score (nSPS) is 16.3. The van der Waals surface area contributed by atoms with E-state index in [1.807, 2.05) is 0 Å². The predicted octanol–water partition coefficient (Wildman–Crippen LogP) is 1.76. The fourth-order valence-corrected chi connectivity index (χ4v) is 4.22. The maximum absolute atomic E-state index is 12.9. The Labute approximate surface area is 194 Å². The molecule has 0 radical (unpaired) electrons. The first-order chi connectivity index (χ1) is 16.1. The van der Waals surface area contributed by atoms with Crippen LogP contribution in [0, 0.1) is 0 Å². The predicted molar refractivity (Wildman–Crippen MR) is 122 cm³/mol. The second kappa shape index (κ2) is 10.4. The number of methoxy groups -OCH3 is 3. The SMILES string of the molecule is COc1cc(OC)cc(C(OC)C(=O)Nc2nnc(N[C@@H]3CCN(c4nccnn4)C3)s2)c1. The molecule has 1 fully saturated rings. The average molecular weight is 473 g/mol. The number of nitrogens with one attached hydrogen (secondary N) is 2. The Morgan fingerprint density at radius 1 is 1.09 bits per heavy atom. The summed E-state index contributed by atoms with van der Waals surface area (Å²) in [6.45, 7) is 1.53. The van der Waals surface area contributed by atoms with Gasteiger partial charge in [-0.3, -0.25) is 10.1 Å². The van der Waals surface area contributed by atoms with Crippen molar-refractivity contribution in [1.82, 2.24) is 25.4 Å². The molecule has 2 atom stereocenters. The zero-order chi connectivity index (χ0) is 23.2. The maximum atomic E-state index is 12.9. The molecule has 33 heavy (non-hydrogen) atoms. The van der Waals surface area contributed by atoms with E-state index in [-0.39, 0.29) is 11.9 Å². The van der Waals surface area contributed by atoms with Crippen LogP contribution in [0.15, 0.2) is 30.6 Å². The number of aromatic nitrogens is 5. The Balaban J connectivity index is 1.37. The molecule has 3 heterocycles. The van der Waals surface area contributed by atoms with Gasteiger partial charge in [0, 0.05) is 32.3 Å². The van der Waals surface area contributed by atoms with E-state index < -0.39 is 6.10 Å². The lowest BCUT2D eigenvalue weighted by molar-refractivity contribution is -0.126. The lowest BCUT2D eigenvalue weighted by Gasteiger charge is -2.16. The van der Waals surface area contributed by atoms with Gasteiger partial charge in [0.05, 0.1) is 26.6 Å². The van der Waals surface area contributed by atoms with Crippen molar-refractivity contribution in [2.45, 2.75) is 18.6 Å². The molecule has 2 aromatic heterocycles. The quantitative estimate of drug-likeness (QED) is 0.471. The second-order valence-electron chi connectivity index (χ2n) is 7.18. The van der Waals surface area contributed by atoms with Gasteiger partial charge in [0.1, 0.15) is 11.5 Å². The average Bonchev–Trinajstić information content (AvgIpc) is 3.49. The molecule has 1 aliphatic heterocycles. The van der Waals surface area contributed by atoms with E-state index in [2.05, 4.69) is 40.9 Å². The highest BCUT2D eigenvalue weighted by atomic mass is 32.1. The molecular formula is C20H24N8O4S. The first kappa shape index (κ1) is 22.6. The zero-order valence-corrected chi connectivity index (χ0v) is 19.2. The number of amides is 1. The van der Waals surface area contributed by atoms with Gasteiger partial charge in [-0.15, -0.1) is 15.3 Å². The molecule has 0 saturated carbocycles. The summed E-state index contributed by atoms with van der Waals surface area (Å²) in [5.41, 5.74) is 0.595. The minimum atomic E-state index is -0.878. The number of benzene rings is 1. The Hall–Kier alpha value is -3.58. The number of hydrogen-bond acceptors (Lipinski definition) is 12. The van der Waals surface area contributed by atoms with Gasteiger partial charge in [0.15, 0.2) is 6.10 Å². The fourth-order valence-electron chi connectivity index (χ4n) is 3.50. The van der Waals surface area contributed by atoms with Crippen molar-refractivity contribution >= 4 is 33.5 Å². The molecule has 1 aliphatic rings. The van der Waals surface area contributed by atoms with Gasteiger partial charge in [0.25, 0.3) is 5.91 Å². The molecule has 12 nitrogen and oxygen atoms in total. The van der Waals surface area contributed by atoms with Gasteiger partial charge >= 0.3 is 0 Å². The summed E-state index contributed by atoms with van der Waals surface area (Å²) in [7, 11) is 4.55. The lowest BCUT2D eigenvalue weighted by atomic mass is 10.1. The minimum Gasteiger partial charge on any atom is -0.497 e. The van der Waals surface area contributed by atoms with Gasteiger partial charge in [0.2, 0.25) is 16.2 Å². The molecule has 0 aliphatic carbocycles. The number of carbonyl (C=O) groups excluding carboxylic acids is 1. The van der Waals surface area contributed by atoms with Crippen LogP contribution >= 0.6 is 11.3 Å². The van der Waals surface area contributed by atoms with Gasteiger partial charge in [-0.05, 0) is 24.1 Å². The Morgan fingerprint density at radius 2 is 1.85 bits per heavy atom. The highest BCUT2D eigenvalue weighted by Gasteiger charge is 2.26. The summed E-state index contributed by atoms with van der Waals surface area (Å²) in [5, 5.41) is 23.2. The number of nitrogens with zero attached hydrogens (tertiary/aromatic N) is 6. The molecule has 174 valence electrons. The molecular weight excluding hydrogens is 448 g/mol. The number of carbonyl (C=O) groups is 1. The van der Waals surface area contributed by atoms with Crippen LogP contribution in [0.5, 0.6) is 11.5 Å². The van der Waals surface area contributed by atoms with E-state index in [0.717, 1.165) is 19.5 Å². The Morgan fingerprint density at radius 3 is 2.52 bits per heavy atom. The van der Waals surface area contributed by atoms with Crippen LogP contribution in [-0.2, 0) is 9.53 Å². The number of hydrogen-bond donors (Lipinski definition) is 2. The van der Waals surface area contributed by atoms with E-state index in [9.17, 15) is 4.79 Å². The van der Waals surface area contributed by atoms with Crippen LogP contribution < -0.4 is 25.0 Å². The van der Waals surface area contributed by atoms with E-state index in [1.165, 1.54) is 18.4 Å². The van der Waals surface area contributed by atoms with Crippen molar-refractivity contribution in [1.29, 1.82) is 0 Å². The van der Waals surface area contributed by atoms with Crippen molar-refractivity contribution in [3.05, 3.63) is 36.2 Å². The number of anilines is 3. The van der Waals surface area contributed by atoms with Crippen molar-refractivity contribution in [2.24, 2.45) is 0 Å². The molecule has 1 aromatic carbocycles. The van der Waals surface area contributed by atoms with Gasteiger partial charge in [-0.25, -0.2) is 4.98 Å². The van der Waals surface area contributed by atoms with Gasteiger partial charge in [-0.1, -0.05) is 11.3 Å². The van der Waals surface area contributed by atoms with Crippen LogP contribution in [0.4, 0.5) is 16.2 Å². The van der Waals surface area contributed by atoms with Crippen LogP contribution in [0.1, 0.15) is 18.1 Å². The summed E-state index contributed by atoms with van der Waals surface area (Å²) < 4.78 is 16.0. The summed E-state index contributed by atoms with van der Waals surface area (Å²) in [4.78, 5) is 19.2. The number of rotatable bonds is 9. The van der Waals surface area contributed by atoms with Crippen LogP contribution in [0.3, 0.4) is 0 Å². The summed E-state index contributed by atoms with van der Waals surface area (Å²) in [6.07, 6.45) is 3.18. The molecule has 0 spiro atoms. The van der Waals surface area contributed by atoms with Crippen molar-refractivity contribution in [2.75, 3.05) is 50.0 Å². The van der Waals surface area contributed by atoms with Crippen LogP contribution in [0.25, 0.3) is 0 Å². The standard InChI is InChI=1S/C20H24N8O4S/c1-30-14-8-12(9-15(10-14)31-2)16(32-3)17(29)24-20-27-26-19(33-20)23-13-4-7-28(11-13)18-21-5-6-22-25-18/h5-6,8-10,13,16H,4,7,11H2,1-3H3,(H,23,26)(H,24,27,29)/t13-,16?/m1/s1. The first-order valence-electron chi connectivity index (χ1n) is 10.1. The Bertz CT molecular complexity index is 1060. The third-order valence-corrected chi connectivity index (χ3v) is 5.84. The highest BCUT2D eigenvalue weighted by Crippen LogP contribution is 2.30. The van der Waals surface area contributed by atoms with Crippen molar-refractivity contribution < 1.29 is 19.0 Å². The highest BCUT2D eigenvalue weighted by molar-refractivity contribution is 7.19. The van der Waals surface area contributed by atoms with Gasteiger partial charge in [-0.2, -0.15) is 5.10 Å². The van der Waals surface area contributed by atoms with Crippen molar-refractivity contribution in [3.8, 4) is 11.5 Å². The van der Waals surface area contributed by atoms with Gasteiger partial charge < -0.3 is 24.4 Å². The lowest BCUT2D eigenvalue weighted by Crippen LogP contribution is -2.27.